The van der Waals surface area contributed by atoms with E-state index < -0.39 is 17.6 Å². The first-order chi connectivity index (χ1) is 15.5. The van der Waals surface area contributed by atoms with Crippen LogP contribution in [0.4, 0.5) is 19.3 Å². The molecule has 2 aromatic rings. The molecule has 0 unspecified atom stereocenters. The fourth-order valence-corrected chi connectivity index (χ4v) is 3.89. The Hall–Kier alpha value is -3.04. The van der Waals surface area contributed by atoms with Crippen LogP contribution in [0, 0.1) is 11.6 Å². The number of hydrogen-bond donors (Lipinski definition) is 0. The zero-order valence-electron chi connectivity index (χ0n) is 17.8. The monoisotopic (exact) mass is 445 g/mol. The van der Waals surface area contributed by atoms with E-state index in [-0.39, 0.29) is 23.7 Å². The van der Waals surface area contributed by atoms with E-state index in [1.165, 1.54) is 42.3 Å². The number of rotatable bonds is 5. The van der Waals surface area contributed by atoms with E-state index in [1.54, 1.807) is 11.0 Å². The van der Waals surface area contributed by atoms with Gasteiger partial charge < -0.3 is 14.4 Å². The molecule has 170 valence electrons. The highest BCUT2D eigenvalue weighted by molar-refractivity contribution is 5.92. The van der Waals surface area contributed by atoms with Gasteiger partial charge in [0.25, 0.3) is 0 Å². The maximum absolute atomic E-state index is 14.7. The Morgan fingerprint density at radius 1 is 1.09 bits per heavy atom. The van der Waals surface area contributed by atoms with Crippen molar-refractivity contribution in [3.8, 4) is 0 Å². The second-order valence-electron chi connectivity index (χ2n) is 7.86. The molecule has 2 aliphatic heterocycles. The van der Waals surface area contributed by atoms with Crippen LogP contribution in [-0.4, -0.2) is 74.3 Å². The van der Waals surface area contributed by atoms with Gasteiger partial charge in [0, 0.05) is 37.4 Å². The van der Waals surface area contributed by atoms with Gasteiger partial charge in [0.1, 0.15) is 11.6 Å². The molecule has 32 heavy (non-hydrogen) atoms. The molecule has 2 saturated heterocycles. The van der Waals surface area contributed by atoms with Gasteiger partial charge in [0.15, 0.2) is 0 Å². The summed E-state index contributed by atoms with van der Waals surface area (Å²) in [5, 5.41) is 0. The molecule has 0 radical (unpaired) electrons. The van der Waals surface area contributed by atoms with Crippen molar-refractivity contribution in [3.63, 3.8) is 0 Å². The standard InChI is InChI=1S/C23H25F2N3O4/c1-31-22(29)16-5-6-17(21(25)11-16)13-28(19-4-2-3-18(24)12-19)23(30)27-9-7-26(8-10-27)20-14-32-15-20/h2-6,11-12,20H,7-10,13-15H2,1H3. The summed E-state index contributed by atoms with van der Waals surface area (Å²) in [5.74, 6) is -1.78. The Morgan fingerprint density at radius 2 is 1.84 bits per heavy atom. The molecule has 0 spiro atoms. The number of amides is 2. The number of methoxy groups -OCH3 is 1. The first-order valence-corrected chi connectivity index (χ1v) is 10.5. The minimum atomic E-state index is -0.650. The zero-order chi connectivity index (χ0) is 22.7. The molecule has 2 heterocycles. The number of carbonyl (C=O) groups excluding carboxylic acids is 2. The molecular formula is C23H25F2N3O4. The normalized spacial score (nSPS) is 17.0. The van der Waals surface area contributed by atoms with Crippen LogP contribution in [-0.2, 0) is 16.0 Å². The molecular weight excluding hydrogens is 420 g/mol. The smallest absolute Gasteiger partial charge is 0.337 e. The van der Waals surface area contributed by atoms with Gasteiger partial charge in [-0.2, -0.15) is 0 Å². The van der Waals surface area contributed by atoms with Gasteiger partial charge in [-0.05, 0) is 30.3 Å². The fraction of sp³-hybridized carbons (Fsp3) is 0.391. The molecule has 0 aromatic heterocycles. The van der Waals surface area contributed by atoms with E-state index in [4.69, 9.17) is 4.74 Å². The minimum Gasteiger partial charge on any atom is -0.465 e. The van der Waals surface area contributed by atoms with Crippen molar-refractivity contribution in [2.75, 3.05) is 51.4 Å². The zero-order valence-corrected chi connectivity index (χ0v) is 17.8. The van der Waals surface area contributed by atoms with Gasteiger partial charge in [0.2, 0.25) is 0 Å². The molecule has 4 rings (SSSR count). The van der Waals surface area contributed by atoms with Crippen LogP contribution in [0.3, 0.4) is 0 Å². The fourth-order valence-electron chi connectivity index (χ4n) is 3.89. The number of anilines is 1. The minimum absolute atomic E-state index is 0.0773. The Bertz CT molecular complexity index is 991. The first-order valence-electron chi connectivity index (χ1n) is 10.5. The SMILES string of the molecule is COC(=O)c1ccc(CN(C(=O)N2CCN(C3COC3)CC2)c2cccc(F)c2)c(F)c1. The van der Waals surface area contributed by atoms with E-state index in [0.29, 0.717) is 38.0 Å². The average Bonchev–Trinajstić information content (AvgIpc) is 2.76. The van der Waals surface area contributed by atoms with E-state index in [0.717, 1.165) is 19.2 Å². The molecule has 2 fully saturated rings. The summed E-state index contributed by atoms with van der Waals surface area (Å²) in [5.41, 5.74) is 0.621. The van der Waals surface area contributed by atoms with Gasteiger partial charge in [-0.1, -0.05) is 12.1 Å². The van der Waals surface area contributed by atoms with Gasteiger partial charge in [0.05, 0.1) is 38.5 Å². The van der Waals surface area contributed by atoms with Crippen LogP contribution in [0.25, 0.3) is 0 Å². The van der Waals surface area contributed by atoms with Crippen molar-refractivity contribution in [2.24, 2.45) is 0 Å². The third-order valence-corrected chi connectivity index (χ3v) is 5.88. The summed E-state index contributed by atoms with van der Waals surface area (Å²) in [6, 6.07) is 9.70. The summed E-state index contributed by atoms with van der Waals surface area (Å²) in [4.78, 5) is 30.4. The summed E-state index contributed by atoms with van der Waals surface area (Å²) in [7, 11) is 1.22. The lowest BCUT2D eigenvalue weighted by atomic mass is 10.1. The van der Waals surface area contributed by atoms with E-state index >= 15 is 0 Å². The number of ether oxygens (including phenoxy) is 2. The Balaban J connectivity index is 1.54. The van der Waals surface area contributed by atoms with Gasteiger partial charge in [-0.15, -0.1) is 0 Å². The third-order valence-electron chi connectivity index (χ3n) is 5.88. The van der Waals surface area contributed by atoms with Crippen molar-refractivity contribution < 1.29 is 27.8 Å². The largest absolute Gasteiger partial charge is 0.465 e. The van der Waals surface area contributed by atoms with Crippen molar-refractivity contribution >= 4 is 17.7 Å². The van der Waals surface area contributed by atoms with E-state index in [9.17, 15) is 18.4 Å². The molecule has 2 amide bonds. The highest BCUT2D eigenvalue weighted by Gasteiger charge is 2.32. The third kappa shape index (κ3) is 4.73. The van der Waals surface area contributed by atoms with Crippen LogP contribution >= 0.6 is 0 Å². The van der Waals surface area contributed by atoms with Crippen LogP contribution in [0.1, 0.15) is 15.9 Å². The molecule has 0 N–H and O–H groups in total. The number of halogens is 2. The lowest BCUT2D eigenvalue weighted by Crippen LogP contribution is -2.59. The van der Waals surface area contributed by atoms with Gasteiger partial charge in [-0.3, -0.25) is 9.80 Å². The number of carbonyl (C=O) groups is 2. The highest BCUT2D eigenvalue weighted by atomic mass is 19.1. The number of esters is 1. The highest BCUT2D eigenvalue weighted by Crippen LogP contribution is 2.23. The van der Waals surface area contributed by atoms with Crippen molar-refractivity contribution in [1.29, 1.82) is 0 Å². The Morgan fingerprint density at radius 3 is 2.44 bits per heavy atom. The topological polar surface area (TPSA) is 62.3 Å². The maximum Gasteiger partial charge on any atom is 0.337 e. The molecule has 0 saturated carbocycles. The van der Waals surface area contributed by atoms with Gasteiger partial charge in [-0.25, -0.2) is 18.4 Å². The second kappa shape index (κ2) is 9.62. The molecule has 9 heteroatoms. The first kappa shape index (κ1) is 22.2. The summed E-state index contributed by atoms with van der Waals surface area (Å²) in [6.07, 6.45) is 0. The molecule has 0 atom stereocenters. The number of nitrogens with zero attached hydrogens (tertiary/aromatic N) is 3. The Labute approximate surface area is 185 Å². The van der Waals surface area contributed by atoms with Gasteiger partial charge >= 0.3 is 12.0 Å². The molecule has 7 nitrogen and oxygen atoms in total. The number of piperazine rings is 1. The maximum atomic E-state index is 14.7. The molecule has 2 aromatic carbocycles. The number of hydrogen-bond acceptors (Lipinski definition) is 5. The summed E-state index contributed by atoms with van der Waals surface area (Å²) < 4.78 is 38.5. The number of benzene rings is 2. The lowest BCUT2D eigenvalue weighted by Gasteiger charge is -2.43. The van der Waals surface area contributed by atoms with Crippen LogP contribution in [0.15, 0.2) is 42.5 Å². The average molecular weight is 445 g/mol. The molecule has 2 aliphatic rings. The quantitative estimate of drug-likeness (QED) is 0.663. The second-order valence-corrected chi connectivity index (χ2v) is 7.86. The summed E-state index contributed by atoms with van der Waals surface area (Å²) >= 11 is 0. The van der Waals surface area contributed by atoms with Crippen LogP contribution in [0.5, 0.6) is 0 Å². The number of urea groups is 1. The van der Waals surface area contributed by atoms with Crippen LogP contribution in [0.2, 0.25) is 0 Å². The van der Waals surface area contributed by atoms with E-state index in [2.05, 4.69) is 9.64 Å². The van der Waals surface area contributed by atoms with Crippen molar-refractivity contribution in [3.05, 3.63) is 65.2 Å². The Kier molecular flexibility index (Phi) is 6.66. The molecule has 0 aliphatic carbocycles. The van der Waals surface area contributed by atoms with Crippen LogP contribution < -0.4 is 4.90 Å². The predicted molar refractivity (Wildman–Crippen MR) is 113 cm³/mol. The summed E-state index contributed by atoms with van der Waals surface area (Å²) in [6.45, 7) is 3.80. The predicted octanol–water partition coefficient (Wildman–Crippen LogP) is 2.89. The molecule has 0 bridgehead atoms. The van der Waals surface area contributed by atoms with Crippen molar-refractivity contribution in [2.45, 2.75) is 12.6 Å². The van der Waals surface area contributed by atoms with Crippen molar-refractivity contribution in [1.82, 2.24) is 9.80 Å². The lowest BCUT2D eigenvalue weighted by molar-refractivity contribution is -0.0738. The van der Waals surface area contributed by atoms with E-state index in [1.807, 2.05) is 0 Å².